The Morgan fingerprint density at radius 2 is 2.00 bits per heavy atom. The van der Waals surface area contributed by atoms with Crippen LogP contribution in [-0.2, 0) is 0 Å². The molecule has 2 N–H and O–H groups in total. The third-order valence-corrected chi connectivity index (χ3v) is 7.25. The van der Waals surface area contributed by atoms with Crippen molar-refractivity contribution in [2.75, 3.05) is 49.1 Å². The molecule has 1 aromatic heterocycles. The van der Waals surface area contributed by atoms with Crippen molar-refractivity contribution in [3.63, 3.8) is 0 Å². The van der Waals surface area contributed by atoms with Crippen LogP contribution in [0.5, 0.6) is 0 Å². The van der Waals surface area contributed by atoms with Gasteiger partial charge in [-0.3, -0.25) is 4.90 Å². The van der Waals surface area contributed by atoms with Crippen LogP contribution in [0.15, 0.2) is 11.6 Å². The summed E-state index contributed by atoms with van der Waals surface area (Å²) >= 11 is 3.82. The first-order valence-corrected chi connectivity index (χ1v) is 9.75. The van der Waals surface area contributed by atoms with Crippen LogP contribution in [0.2, 0.25) is 0 Å². The van der Waals surface area contributed by atoms with Gasteiger partial charge in [-0.15, -0.1) is 11.3 Å². The number of thiazole rings is 1. The van der Waals surface area contributed by atoms with Crippen LogP contribution in [0, 0.1) is 5.41 Å². The van der Waals surface area contributed by atoms with Crippen molar-refractivity contribution in [3.05, 3.63) is 11.6 Å². The highest BCUT2D eigenvalue weighted by atomic mass is 32.2. The van der Waals surface area contributed by atoms with E-state index in [4.69, 9.17) is 5.73 Å². The molecule has 0 bridgehead atoms. The molecule has 118 valence electrons. The second-order valence-corrected chi connectivity index (χ2v) is 8.91. The van der Waals surface area contributed by atoms with Crippen molar-refractivity contribution in [3.8, 4) is 0 Å². The molecule has 0 spiro atoms. The van der Waals surface area contributed by atoms with Gasteiger partial charge in [0.15, 0.2) is 5.13 Å². The van der Waals surface area contributed by atoms with Crippen LogP contribution in [0.3, 0.4) is 0 Å². The summed E-state index contributed by atoms with van der Waals surface area (Å²) in [4.78, 5) is 9.50. The third-order valence-electron chi connectivity index (χ3n) is 4.69. The van der Waals surface area contributed by atoms with Gasteiger partial charge < -0.3 is 10.6 Å². The fourth-order valence-corrected chi connectivity index (χ4v) is 5.95. The van der Waals surface area contributed by atoms with Gasteiger partial charge in [0, 0.05) is 55.6 Å². The summed E-state index contributed by atoms with van der Waals surface area (Å²) in [6.07, 6.45) is 3.12. The van der Waals surface area contributed by atoms with Gasteiger partial charge in [0.25, 0.3) is 0 Å². The predicted octanol–water partition coefficient (Wildman–Crippen LogP) is 2.13. The molecule has 1 atom stereocenters. The number of anilines is 1. The standard InChI is InChI=1S/C15H26N4S2/c1-14(2)9-15(10-16,12-20-11-14)19-6-4-18(5-7-19)13-17-3-8-21-13/h3,8H,4-7,9-12,16H2,1-2H3. The highest BCUT2D eigenvalue weighted by molar-refractivity contribution is 7.99. The van der Waals surface area contributed by atoms with Crippen molar-refractivity contribution in [2.45, 2.75) is 25.8 Å². The van der Waals surface area contributed by atoms with Gasteiger partial charge in [0.2, 0.25) is 0 Å². The van der Waals surface area contributed by atoms with E-state index in [1.165, 1.54) is 17.9 Å². The molecule has 2 fully saturated rings. The van der Waals surface area contributed by atoms with Gasteiger partial charge in [-0.05, 0) is 17.6 Å². The molecule has 2 aliphatic rings. The van der Waals surface area contributed by atoms with Gasteiger partial charge in [-0.1, -0.05) is 13.8 Å². The lowest BCUT2D eigenvalue weighted by atomic mass is 9.78. The molecular weight excluding hydrogens is 300 g/mol. The van der Waals surface area contributed by atoms with Crippen LogP contribution < -0.4 is 10.6 Å². The number of aromatic nitrogens is 1. The molecule has 21 heavy (non-hydrogen) atoms. The van der Waals surface area contributed by atoms with Crippen molar-refractivity contribution in [2.24, 2.45) is 11.1 Å². The minimum absolute atomic E-state index is 0.196. The van der Waals surface area contributed by atoms with Crippen LogP contribution in [0.25, 0.3) is 0 Å². The Morgan fingerprint density at radius 1 is 1.24 bits per heavy atom. The quantitative estimate of drug-likeness (QED) is 0.922. The second kappa shape index (κ2) is 6.07. The molecule has 0 saturated carbocycles. The van der Waals surface area contributed by atoms with Gasteiger partial charge >= 0.3 is 0 Å². The Bertz CT molecular complexity index is 454. The molecule has 2 saturated heterocycles. The Morgan fingerprint density at radius 3 is 2.57 bits per heavy atom. The number of nitrogens with two attached hydrogens (primary N) is 1. The predicted molar refractivity (Wildman–Crippen MR) is 93.4 cm³/mol. The molecule has 3 heterocycles. The molecule has 0 radical (unpaired) electrons. The summed E-state index contributed by atoms with van der Waals surface area (Å²) in [5.74, 6) is 2.44. The van der Waals surface area contributed by atoms with E-state index >= 15 is 0 Å². The lowest BCUT2D eigenvalue weighted by Gasteiger charge is -2.52. The first kappa shape index (κ1) is 15.6. The highest BCUT2D eigenvalue weighted by Crippen LogP contribution is 2.42. The van der Waals surface area contributed by atoms with E-state index < -0.39 is 0 Å². The second-order valence-electron chi connectivity index (χ2n) is 7.05. The summed E-state index contributed by atoms with van der Waals surface area (Å²) in [5.41, 5.74) is 6.83. The lowest BCUT2D eigenvalue weighted by molar-refractivity contribution is 0.0632. The molecule has 1 aromatic rings. The average molecular weight is 327 g/mol. The fourth-order valence-electron chi connectivity index (χ4n) is 3.72. The summed E-state index contributed by atoms with van der Waals surface area (Å²) in [7, 11) is 0. The maximum atomic E-state index is 6.24. The number of nitrogens with zero attached hydrogens (tertiary/aromatic N) is 3. The first-order valence-electron chi connectivity index (χ1n) is 7.72. The minimum atomic E-state index is 0.196. The van der Waals surface area contributed by atoms with Crippen molar-refractivity contribution in [1.82, 2.24) is 9.88 Å². The van der Waals surface area contributed by atoms with Gasteiger partial charge in [0.1, 0.15) is 0 Å². The summed E-state index contributed by atoms with van der Waals surface area (Å²) in [5, 5.41) is 3.22. The highest BCUT2D eigenvalue weighted by Gasteiger charge is 2.44. The normalized spacial score (nSPS) is 30.5. The zero-order valence-electron chi connectivity index (χ0n) is 13.0. The van der Waals surface area contributed by atoms with E-state index in [0.29, 0.717) is 5.41 Å². The molecule has 0 amide bonds. The Hall–Kier alpha value is -0.300. The van der Waals surface area contributed by atoms with E-state index in [0.717, 1.165) is 37.9 Å². The van der Waals surface area contributed by atoms with Gasteiger partial charge in [-0.25, -0.2) is 4.98 Å². The Balaban J connectivity index is 1.67. The largest absolute Gasteiger partial charge is 0.346 e. The lowest BCUT2D eigenvalue weighted by Crippen LogP contribution is -2.64. The van der Waals surface area contributed by atoms with E-state index in [1.807, 2.05) is 6.20 Å². The summed E-state index contributed by atoms with van der Waals surface area (Å²) in [6.45, 7) is 9.90. The molecule has 0 aromatic carbocycles. The van der Waals surface area contributed by atoms with E-state index in [2.05, 4.69) is 45.8 Å². The smallest absolute Gasteiger partial charge is 0.185 e. The Kier molecular flexibility index (Phi) is 4.50. The van der Waals surface area contributed by atoms with Crippen LogP contribution >= 0.6 is 23.1 Å². The van der Waals surface area contributed by atoms with Gasteiger partial charge in [0.05, 0.1) is 0 Å². The maximum absolute atomic E-state index is 6.24. The minimum Gasteiger partial charge on any atom is -0.346 e. The molecule has 3 rings (SSSR count). The fraction of sp³-hybridized carbons (Fsp3) is 0.800. The average Bonchev–Trinajstić information content (AvgIpc) is 3.00. The van der Waals surface area contributed by atoms with Crippen molar-refractivity contribution < 1.29 is 0 Å². The van der Waals surface area contributed by atoms with E-state index in [-0.39, 0.29) is 5.54 Å². The molecule has 4 nitrogen and oxygen atoms in total. The Labute approximate surface area is 136 Å². The van der Waals surface area contributed by atoms with Crippen LogP contribution in [0.4, 0.5) is 5.13 Å². The van der Waals surface area contributed by atoms with Gasteiger partial charge in [-0.2, -0.15) is 11.8 Å². The number of hydrogen-bond acceptors (Lipinski definition) is 6. The van der Waals surface area contributed by atoms with Crippen molar-refractivity contribution >= 4 is 28.2 Å². The maximum Gasteiger partial charge on any atom is 0.185 e. The SMILES string of the molecule is CC1(C)CSCC(CN)(N2CCN(c3nccs3)CC2)C1. The monoisotopic (exact) mass is 326 g/mol. The summed E-state index contributed by atoms with van der Waals surface area (Å²) in [6, 6.07) is 0. The number of piperazine rings is 1. The van der Waals surface area contributed by atoms with Crippen molar-refractivity contribution in [1.29, 1.82) is 0 Å². The molecule has 1 unspecified atom stereocenters. The third kappa shape index (κ3) is 3.23. The zero-order chi connectivity index (χ0) is 14.9. The molecular formula is C15H26N4S2. The first-order chi connectivity index (χ1) is 10.0. The summed E-state index contributed by atoms with van der Waals surface area (Å²) < 4.78 is 0. The molecule has 6 heteroatoms. The molecule has 0 aliphatic carbocycles. The van der Waals surface area contributed by atoms with E-state index in [1.54, 1.807) is 11.3 Å². The topological polar surface area (TPSA) is 45.4 Å². The van der Waals surface area contributed by atoms with E-state index in [9.17, 15) is 0 Å². The number of thioether (sulfide) groups is 1. The van der Waals surface area contributed by atoms with Crippen LogP contribution in [-0.4, -0.2) is 59.7 Å². The number of rotatable bonds is 3. The zero-order valence-corrected chi connectivity index (χ0v) is 14.7. The van der Waals surface area contributed by atoms with Crippen LogP contribution in [0.1, 0.15) is 20.3 Å². The number of hydrogen-bond donors (Lipinski definition) is 1. The molecule has 2 aliphatic heterocycles.